The number of carbonyl (C=O) groups is 1. The highest BCUT2D eigenvalue weighted by Crippen LogP contribution is 2.41. The van der Waals surface area contributed by atoms with Crippen LogP contribution in [0.4, 0.5) is 10.5 Å². The van der Waals surface area contributed by atoms with Crippen LogP contribution < -0.4 is 14.4 Å². The van der Waals surface area contributed by atoms with Gasteiger partial charge in [-0.3, -0.25) is 4.90 Å². The monoisotopic (exact) mass is 546 g/mol. The van der Waals surface area contributed by atoms with Crippen molar-refractivity contribution in [3.05, 3.63) is 102 Å². The molecule has 3 aromatic rings. The lowest BCUT2D eigenvalue weighted by atomic mass is 9.89. The molecule has 7 heteroatoms. The standard InChI is InChI=1S/C32H38N2O4S/c1-23-14-20-28(21-15-23)39(36)33-30(24-10-7-6-8-11-24)29-13-9-12-25(29)22-34(31(35)38-32(2,3)4)26-16-18-27(37-5)19-17-26/h6-8,10-11,14-22,29-30,33H,9,12-13H2,1-5H3/b25-22-/t29-,30+,39+/m1/s1. The SMILES string of the molecule is COc1ccc(N(/C=C2/CCC[C@H]2[C@@H](N[S@@](=O)c2ccc(C)cc2)c2ccccc2)C(=O)OC(C)(C)C)cc1. The van der Waals surface area contributed by atoms with Crippen LogP contribution in [0.5, 0.6) is 5.75 Å². The zero-order chi connectivity index (χ0) is 28.0. The zero-order valence-electron chi connectivity index (χ0n) is 23.3. The molecule has 0 aliphatic heterocycles. The van der Waals surface area contributed by atoms with E-state index in [-0.39, 0.29) is 12.0 Å². The van der Waals surface area contributed by atoms with Gasteiger partial charge in [0.15, 0.2) is 0 Å². The van der Waals surface area contributed by atoms with Crippen molar-refractivity contribution in [1.82, 2.24) is 4.72 Å². The van der Waals surface area contributed by atoms with E-state index < -0.39 is 22.7 Å². The summed E-state index contributed by atoms with van der Waals surface area (Å²) in [5.74, 6) is 0.756. The molecule has 0 radical (unpaired) electrons. The molecule has 0 saturated heterocycles. The van der Waals surface area contributed by atoms with Gasteiger partial charge in [0.25, 0.3) is 0 Å². The summed E-state index contributed by atoms with van der Waals surface area (Å²) in [6.07, 6.45) is 4.19. The molecule has 39 heavy (non-hydrogen) atoms. The number of hydrogen-bond donors (Lipinski definition) is 1. The minimum absolute atomic E-state index is 0.0463. The molecule has 0 bridgehead atoms. The maximum atomic E-state index is 13.5. The van der Waals surface area contributed by atoms with Crippen molar-refractivity contribution >= 4 is 22.8 Å². The third-order valence-corrected chi connectivity index (χ3v) is 7.89. The van der Waals surface area contributed by atoms with Gasteiger partial charge in [-0.2, -0.15) is 0 Å². The van der Waals surface area contributed by atoms with E-state index in [0.29, 0.717) is 11.4 Å². The molecule has 1 amide bonds. The Kier molecular flexibility index (Phi) is 9.25. The predicted molar refractivity (Wildman–Crippen MR) is 157 cm³/mol. The fourth-order valence-electron chi connectivity index (χ4n) is 4.78. The fraction of sp³-hybridized carbons (Fsp3) is 0.344. The molecule has 0 aromatic heterocycles. The first-order chi connectivity index (χ1) is 18.6. The normalized spacial score (nSPS) is 18.0. The first-order valence-electron chi connectivity index (χ1n) is 13.3. The largest absolute Gasteiger partial charge is 0.497 e. The van der Waals surface area contributed by atoms with Crippen LogP contribution in [-0.2, 0) is 15.7 Å². The highest BCUT2D eigenvalue weighted by Gasteiger charge is 2.33. The van der Waals surface area contributed by atoms with Gasteiger partial charge in [-0.1, -0.05) is 48.0 Å². The molecule has 1 fully saturated rings. The number of ether oxygens (including phenoxy) is 2. The topological polar surface area (TPSA) is 67.9 Å². The van der Waals surface area contributed by atoms with Crippen molar-refractivity contribution in [3.8, 4) is 5.75 Å². The van der Waals surface area contributed by atoms with Crippen LogP contribution in [-0.4, -0.2) is 23.0 Å². The Morgan fingerprint density at radius 1 is 1.03 bits per heavy atom. The van der Waals surface area contributed by atoms with Crippen molar-refractivity contribution in [3.63, 3.8) is 0 Å². The van der Waals surface area contributed by atoms with Crippen LogP contribution in [0.25, 0.3) is 0 Å². The van der Waals surface area contributed by atoms with Gasteiger partial charge in [0.2, 0.25) is 0 Å². The Labute approximate surface area is 234 Å². The van der Waals surface area contributed by atoms with Gasteiger partial charge in [-0.15, -0.1) is 0 Å². The molecule has 1 aliphatic carbocycles. The summed E-state index contributed by atoms with van der Waals surface area (Å²) in [7, 11) is 0.210. The molecule has 3 atom stereocenters. The van der Waals surface area contributed by atoms with Crippen LogP contribution in [0.1, 0.15) is 57.2 Å². The summed E-state index contributed by atoms with van der Waals surface area (Å²) >= 11 is 0. The Morgan fingerprint density at radius 2 is 1.69 bits per heavy atom. The van der Waals surface area contributed by atoms with Crippen molar-refractivity contribution in [2.45, 2.75) is 63.5 Å². The van der Waals surface area contributed by atoms with E-state index in [9.17, 15) is 9.00 Å². The van der Waals surface area contributed by atoms with Crippen LogP contribution in [0.3, 0.4) is 0 Å². The van der Waals surface area contributed by atoms with Gasteiger partial charge in [-0.05, 0) is 94.5 Å². The number of methoxy groups -OCH3 is 1. The van der Waals surface area contributed by atoms with Crippen molar-refractivity contribution in [1.29, 1.82) is 0 Å². The summed E-state index contributed by atoms with van der Waals surface area (Å²) in [4.78, 5) is 15.7. The minimum atomic E-state index is -1.40. The molecule has 206 valence electrons. The number of amides is 1. The van der Waals surface area contributed by atoms with Crippen LogP contribution in [0, 0.1) is 12.8 Å². The zero-order valence-corrected chi connectivity index (χ0v) is 24.2. The number of carbonyl (C=O) groups excluding carboxylic acids is 1. The van der Waals surface area contributed by atoms with Crippen molar-refractivity contribution in [2.24, 2.45) is 5.92 Å². The maximum Gasteiger partial charge on any atom is 0.418 e. The van der Waals surface area contributed by atoms with Gasteiger partial charge in [0.05, 0.1) is 23.7 Å². The van der Waals surface area contributed by atoms with E-state index in [4.69, 9.17) is 9.47 Å². The maximum absolute atomic E-state index is 13.5. The van der Waals surface area contributed by atoms with E-state index in [1.54, 1.807) is 12.0 Å². The number of nitrogens with zero attached hydrogens (tertiary/aromatic N) is 1. The first-order valence-corrected chi connectivity index (χ1v) is 14.5. The van der Waals surface area contributed by atoms with E-state index in [0.717, 1.165) is 40.9 Å². The number of benzene rings is 3. The Hall–Kier alpha value is -3.42. The average Bonchev–Trinajstić information content (AvgIpc) is 3.38. The smallest absolute Gasteiger partial charge is 0.418 e. The second-order valence-electron chi connectivity index (χ2n) is 10.8. The van der Waals surface area contributed by atoms with Gasteiger partial charge in [-0.25, -0.2) is 13.7 Å². The van der Waals surface area contributed by atoms with Crippen LogP contribution >= 0.6 is 0 Å². The molecule has 1 N–H and O–H groups in total. The number of rotatable bonds is 8. The summed E-state index contributed by atoms with van der Waals surface area (Å²) in [5, 5.41) is 0. The highest BCUT2D eigenvalue weighted by molar-refractivity contribution is 7.83. The van der Waals surface area contributed by atoms with Crippen LogP contribution in [0.2, 0.25) is 0 Å². The lowest BCUT2D eigenvalue weighted by Gasteiger charge is -2.29. The molecule has 0 unspecified atom stereocenters. The second-order valence-corrected chi connectivity index (χ2v) is 12.1. The number of hydrogen-bond acceptors (Lipinski definition) is 4. The quantitative estimate of drug-likeness (QED) is 0.318. The highest BCUT2D eigenvalue weighted by atomic mass is 32.2. The lowest BCUT2D eigenvalue weighted by Crippen LogP contribution is -2.35. The molecule has 1 aliphatic rings. The summed E-state index contributed by atoms with van der Waals surface area (Å²) in [6.45, 7) is 7.59. The molecular weight excluding hydrogens is 508 g/mol. The van der Waals surface area contributed by atoms with Crippen molar-refractivity contribution in [2.75, 3.05) is 12.0 Å². The van der Waals surface area contributed by atoms with Gasteiger partial charge < -0.3 is 9.47 Å². The third kappa shape index (κ3) is 7.58. The number of nitrogens with one attached hydrogen (secondary N) is 1. The Balaban J connectivity index is 1.70. The molecule has 0 heterocycles. The van der Waals surface area contributed by atoms with E-state index in [1.165, 1.54) is 0 Å². The van der Waals surface area contributed by atoms with Gasteiger partial charge in [0, 0.05) is 12.1 Å². The Bertz CT molecular complexity index is 1300. The molecule has 1 saturated carbocycles. The second kappa shape index (κ2) is 12.6. The van der Waals surface area contributed by atoms with Crippen LogP contribution in [0.15, 0.2) is 95.5 Å². The average molecular weight is 547 g/mol. The summed E-state index contributed by atoms with van der Waals surface area (Å²) in [6, 6.07) is 25.0. The minimum Gasteiger partial charge on any atom is -0.497 e. The first kappa shape index (κ1) is 28.6. The lowest BCUT2D eigenvalue weighted by molar-refractivity contribution is 0.0596. The van der Waals surface area contributed by atoms with E-state index in [2.05, 4.69) is 16.9 Å². The fourth-order valence-corrected chi connectivity index (χ4v) is 5.83. The van der Waals surface area contributed by atoms with Gasteiger partial charge >= 0.3 is 6.09 Å². The summed E-state index contributed by atoms with van der Waals surface area (Å²) in [5.41, 5.74) is 3.34. The number of aryl methyl sites for hydroxylation is 1. The molecule has 4 rings (SSSR count). The Morgan fingerprint density at radius 3 is 2.31 bits per heavy atom. The van der Waals surface area contributed by atoms with E-state index >= 15 is 0 Å². The molecule has 3 aromatic carbocycles. The van der Waals surface area contributed by atoms with Gasteiger partial charge in [0.1, 0.15) is 22.3 Å². The van der Waals surface area contributed by atoms with Crippen molar-refractivity contribution < 1.29 is 18.5 Å². The summed E-state index contributed by atoms with van der Waals surface area (Å²) < 4.78 is 28.0. The predicted octanol–water partition coefficient (Wildman–Crippen LogP) is 7.48. The molecule has 6 nitrogen and oxygen atoms in total. The molecular formula is C32H38N2O4S. The van der Waals surface area contributed by atoms with E-state index in [1.807, 2.05) is 101 Å². The molecule has 0 spiro atoms. The third-order valence-electron chi connectivity index (χ3n) is 6.72. The number of anilines is 1.